The Kier molecular flexibility index (Phi) is 13.9. The van der Waals surface area contributed by atoms with Gasteiger partial charge in [-0.05, 0) is 6.92 Å². The SMILES string of the molecule is C=C(C)CC(=O)O.[CH3-].[Pd]. The summed E-state index contributed by atoms with van der Waals surface area (Å²) >= 11 is 0. The van der Waals surface area contributed by atoms with Gasteiger partial charge >= 0.3 is 5.97 Å². The Balaban J connectivity index is -0.000000180. The van der Waals surface area contributed by atoms with Crippen molar-refractivity contribution in [3.63, 3.8) is 0 Å². The Bertz CT molecular complexity index is 87.2. The molecule has 0 aliphatic rings. The van der Waals surface area contributed by atoms with Crippen molar-refractivity contribution < 1.29 is 30.3 Å². The second-order valence-electron chi connectivity index (χ2n) is 1.53. The minimum absolute atomic E-state index is 0. The third kappa shape index (κ3) is 18.1. The summed E-state index contributed by atoms with van der Waals surface area (Å²) in [5.41, 5.74) is 0.688. The molecule has 0 aromatic heterocycles. The summed E-state index contributed by atoms with van der Waals surface area (Å²) in [6.07, 6.45) is 0.0833. The zero-order valence-corrected chi connectivity index (χ0v) is 7.14. The first-order chi connectivity index (χ1) is 3.13. The summed E-state index contributed by atoms with van der Waals surface area (Å²) in [6.45, 7) is 5.10. The molecular formula is C6H11O2Pd-. The van der Waals surface area contributed by atoms with E-state index in [1.807, 2.05) is 0 Å². The van der Waals surface area contributed by atoms with Crippen molar-refractivity contribution in [1.29, 1.82) is 0 Å². The first kappa shape index (κ1) is 15.9. The van der Waals surface area contributed by atoms with Gasteiger partial charge in [0.25, 0.3) is 0 Å². The van der Waals surface area contributed by atoms with Crippen LogP contribution in [0.25, 0.3) is 0 Å². The van der Waals surface area contributed by atoms with Gasteiger partial charge in [-0.15, -0.1) is 0 Å². The van der Waals surface area contributed by atoms with Gasteiger partial charge in [0.2, 0.25) is 0 Å². The van der Waals surface area contributed by atoms with Crippen LogP contribution >= 0.6 is 0 Å². The number of hydrogen-bond donors (Lipinski definition) is 1. The molecule has 0 fully saturated rings. The molecule has 0 aromatic carbocycles. The second kappa shape index (κ2) is 7.87. The first-order valence-corrected chi connectivity index (χ1v) is 1.99. The third-order valence-corrected chi connectivity index (χ3v) is 0.453. The molecule has 0 aliphatic carbocycles. The normalized spacial score (nSPS) is 6.33. The average Bonchev–Trinajstić information content (AvgIpc) is 1.27. The molecule has 0 spiro atoms. The summed E-state index contributed by atoms with van der Waals surface area (Å²) < 4.78 is 0. The third-order valence-electron chi connectivity index (χ3n) is 0.453. The van der Waals surface area contributed by atoms with Crippen LogP contribution in [0.4, 0.5) is 0 Å². The van der Waals surface area contributed by atoms with Crippen LogP contribution in [0.5, 0.6) is 0 Å². The van der Waals surface area contributed by atoms with Crippen LogP contribution < -0.4 is 0 Å². The van der Waals surface area contributed by atoms with Gasteiger partial charge in [0.15, 0.2) is 0 Å². The van der Waals surface area contributed by atoms with Crippen molar-refractivity contribution in [1.82, 2.24) is 0 Å². The number of carboxylic acids is 1. The largest absolute Gasteiger partial charge is 0.481 e. The number of hydrogen-bond acceptors (Lipinski definition) is 1. The average molecular weight is 222 g/mol. The standard InChI is InChI=1S/C5H8O2.CH3.Pd/c1-4(2)3-5(6)7;;/h1,3H2,2H3,(H,6,7);1H3;/q;-1;. The molecule has 0 unspecified atom stereocenters. The predicted octanol–water partition coefficient (Wildman–Crippen LogP) is 1.48. The molecule has 0 amide bonds. The van der Waals surface area contributed by atoms with Crippen LogP contribution in [0.2, 0.25) is 0 Å². The van der Waals surface area contributed by atoms with Crippen LogP contribution in [0.15, 0.2) is 12.2 Å². The summed E-state index contributed by atoms with van der Waals surface area (Å²) in [5, 5.41) is 8.02. The molecule has 0 atom stereocenters. The quantitative estimate of drug-likeness (QED) is 0.436. The van der Waals surface area contributed by atoms with Crippen molar-refractivity contribution >= 4 is 5.97 Å². The van der Waals surface area contributed by atoms with E-state index >= 15 is 0 Å². The van der Waals surface area contributed by atoms with E-state index in [0.29, 0.717) is 5.57 Å². The zero-order chi connectivity index (χ0) is 5.86. The number of carbonyl (C=O) groups is 1. The molecule has 0 radical (unpaired) electrons. The van der Waals surface area contributed by atoms with Gasteiger partial charge in [-0.3, -0.25) is 4.79 Å². The van der Waals surface area contributed by atoms with Crippen LogP contribution in [0.3, 0.4) is 0 Å². The monoisotopic (exact) mass is 221 g/mol. The molecule has 0 saturated heterocycles. The molecule has 0 rings (SSSR count). The van der Waals surface area contributed by atoms with Crippen molar-refractivity contribution in [3.05, 3.63) is 19.6 Å². The van der Waals surface area contributed by atoms with Crippen LogP contribution in [-0.2, 0) is 25.2 Å². The first-order valence-electron chi connectivity index (χ1n) is 1.99. The van der Waals surface area contributed by atoms with Crippen molar-refractivity contribution in [3.8, 4) is 0 Å². The number of rotatable bonds is 2. The van der Waals surface area contributed by atoms with Crippen molar-refractivity contribution in [2.75, 3.05) is 0 Å². The molecule has 0 aliphatic heterocycles. The topological polar surface area (TPSA) is 37.3 Å². The summed E-state index contributed by atoms with van der Waals surface area (Å²) in [5.74, 6) is -0.812. The fourth-order valence-corrected chi connectivity index (χ4v) is 0.258. The summed E-state index contributed by atoms with van der Waals surface area (Å²) in [4.78, 5) is 9.75. The van der Waals surface area contributed by atoms with E-state index in [1.165, 1.54) is 0 Å². The van der Waals surface area contributed by atoms with E-state index in [2.05, 4.69) is 6.58 Å². The van der Waals surface area contributed by atoms with Crippen LogP contribution in [0, 0.1) is 7.43 Å². The van der Waals surface area contributed by atoms with Gasteiger partial charge in [0, 0.05) is 20.4 Å². The maximum atomic E-state index is 9.75. The zero-order valence-electron chi connectivity index (χ0n) is 5.59. The molecule has 0 heterocycles. The molecule has 0 saturated carbocycles. The van der Waals surface area contributed by atoms with E-state index in [9.17, 15) is 4.79 Å². The molecule has 9 heavy (non-hydrogen) atoms. The Morgan fingerprint density at radius 2 is 2.00 bits per heavy atom. The van der Waals surface area contributed by atoms with Crippen molar-refractivity contribution in [2.45, 2.75) is 13.3 Å². The smallest absolute Gasteiger partial charge is 0.307 e. The Hall–Kier alpha value is -0.128. The Morgan fingerprint density at radius 1 is 1.67 bits per heavy atom. The minimum Gasteiger partial charge on any atom is -0.481 e. The Labute approximate surface area is 69.6 Å². The Morgan fingerprint density at radius 3 is 2.00 bits per heavy atom. The molecule has 2 nitrogen and oxygen atoms in total. The van der Waals surface area contributed by atoms with Gasteiger partial charge in [-0.25, -0.2) is 0 Å². The van der Waals surface area contributed by atoms with E-state index in [-0.39, 0.29) is 34.3 Å². The van der Waals surface area contributed by atoms with Crippen LogP contribution in [0.1, 0.15) is 13.3 Å². The van der Waals surface area contributed by atoms with Gasteiger partial charge in [0.05, 0.1) is 6.42 Å². The molecule has 0 aromatic rings. The van der Waals surface area contributed by atoms with E-state index < -0.39 is 5.97 Å². The molecule has 0 bridgehead atoms. The number of aliphatic carboxylic acids is 1. The van der Waals surface area contributed by atoms with Gasteiger partial charge in [0.1, 0.15) is 0 Å². The van der Waals surface area contributed by atoms with E-state index in [4.69, 9.17) is 5.11 Å². The van der Waals surface area contributed by atoms with Crippen LogP contribution in [-0.4, -0.2) is 11.1 Å². The van der Waals surface area contributed by atoms with E-state index in [0.717, 1.165) is 0 Å². The minimum atomic E-state index is -0.812. The van der Waals surface area contributed by atoms with E-state index in [1.54, 1.807) is 6.92 Å². The second-order valence-corrected chi connectivity index (χ2v) is 1.53. The molecule has 58 valence electrons. The van der Waals surface area contributed by atoms with Gasteiger partial charge < -0.3 is 12.5 Å². The molecular weight excluding hydrogens is 210 g/mol. The summed E-state index contributed by atoms with van der Waals surface area (Å²) in [6, 6.07) is 0. The molecule has 3 heteroatoms. The fraction of sp³-hybridized carbons (Fsp3) is 0.333. The number of carboxylic acid groups (broad SMARTS) is 1. The molecule has 1 N–H and O–H groups in total. The summed E-state index contributed by atoms with van der Waals surface area (Å²) in [7, 11) is 0. The maximum absolute atomic E-state index is 9.75. The maximum Gasteiger partial charge on any atom is 0.307 e. The van der Waals surface area contributed by atoms with Crippen molar-refractivity contribution in [2.24, 2.45) is 0 Å². The van der Waals surface area contributed by atoms with Gasteiger partial charge in [-0.1, -0.05) is 12.2 Å². The van der Waals surface area contributed by atoms with Gasteiger partial charge in [-0.2, -0.15) is 0 Å². The fourth-order valence-electron chi connectivity index (χ4n) is 0.258. The predicted molar refractivity (Wildman–Crippen MR) is 33.5 cm³/mol.